The van der Waals surface area contributed by atoms with Crippen LogP contribution in [-0.4, -0.2) is 24.2 Å². The number of aliphatic hydroxyl groups excluding tert-OH is 1. The van der Waals surface area contributed by atoms with Crippen molar-refractivity contribution >= 4 is 16.2 Å². The molecule has 1 saturated carbocycles. The molecule has 0 aliphatic heterocycles. The number of hydrogen-bond donors (Lipinski definition) is 2. The summed E-state index contributed by atoms with van der Waals surface area (Å²) in [6, 6.07) is 4.81. The third kappa shape index (κ3) is 3.23. The summed E-state index contributed by atoms with van der Waals surface area (Å²) in [6.07, 6.45) is 4.12. The Morgan fingerprint density at radius 1 is 1.21 bits per heavy atom. The van der Waals surface area contributed by atoms with E-state index in [0.717, 1.165) is 18.4 Å². The molecular weight excluding hydrogens is 264 g/mol. The van der Waals surface area contributed by atoms with Crippen LogP contribution >= 0.6 is 0 Å². The molecule has 0 spiro atoms. The van der Waals surface area contributed by atoms with Crippen molar-refractivity contribution in [3.05, 3.63) is 35.9 Å². The summed E-state index contributed by atoms with van der Waals surface area (Å²) in [5, 5.41) is 9.52. The molecule has 0 heterocycles. The van der Waals surface area contributed by atoms with Gasteiger partial charge in [0.2, 0.25) is 0 Å². The summed E-state index contributed by atoms with van der Waals surface area (Å²) in [6.45, 7) is 3.67. The molecule has 1 fully saturated rings. The minimum Gasteiger partial charge on any atom is -0.393 e. The van der Waals surface area contributed by atoms with Crippen molar-refractivity contribution in [2.75, 3.05) is 0 Å². The van der Waals surface area contributed by atoms with Gasteiger partial charge < -0.3 is 5.11 Å². The summed E-state index contributed by atoms with van der Waals surface area (Å²) in [5.74, 6) is 0.0558. The zero-order chi connectivity index (χ0) is 14.0. The van der Waals surface area contributed by atoms with Crippen molar-refractivity contribution in [3.8, 4) is 0 Å². The molecule has 0 bridgehead atoms. The fourth-order valence-corrected chi connectivity index (χ4v) is 3.40. The highest BCUT2D eigenvalue weighted by Crippen LogP contribution is 2.36. The van der Waals surface area contributed by atoms with E-state index in [1.165, 1.54) is 6.07 Å². The van der Waals surface area contributed by atoms with Crippen LogP contribution in [0.5, 0.6) is 0 Å². The maximum atomic E-state index is 11.4. The molecule has 1 aromatic carbocycles. The third-order valence-electron chi connectivity index (χ3n) is 3.68. The van der Waals surface area contributed by atoms with E-state index in [-0.39, 0.29) is 16.9 Å². The second-order valence-corrected chi connectivity index (χ2v) is 6.37. The first kappa shape index (κ1) is 14.2. The van der Waals surface area contributed by atoms with Crippen LogP contribution in [0.15, 0.2) is 29.7 Å². The largest absolute Gasteiger partial charge is 0.393 e. The highest BCUT2D eigenvalue weighted by molar-refractivity contribution is 7.85. The van der Waals surface area contributed by atoms with Crippen LogP contribution in [0.3, 0.4) is 0 Å². The molecule has 1 aliphatic rings. The molecular formula is C14H18O4S. The molecule has 2 rings (SSSR count). The van der Waals surface area contributed by atoms with Crippen LogP contribution < -0.4 is 0 Å². The molecule has 1 aromatic rings. The molecule has 0 atom stereocenters. The lowest BCUT2D eigenvalue weighted by molar-refractivity contribution is 0.122. The van der Waals surface area contributed by atoms with Gasteiger partial charge in [0.05, 0.1) is 11.0 Å². The minimum absolute atomic E-state index is 0.0283. The van der Waals surface area contributed by atoms with E-state index in [0.29, 0.717) is 18.4 Å². The Hall–Kier alpha value is -1.17. The lowest BCUT2D eigenvalue weighted by Crippen LogP contribution is -2.18. The highest BCUT2D eigenvalue weighted by Gasteiger charge is 2.26. The van der Waals surface area contributed by atoms with Crippen molar-refractivity contribution in [2.45, 2.75) is 42.6 Å². The van der Waals surface area contributed by atoms with Crippen molar-refractivity contribution in [2.24, 2.45) is 0 Å². The number of hydrogen-bond acceptors (Lipinski definition) is 3. The molecule has 0 amide bonds. The Morgan fingerprint density at radius 2 is 1.84 bits per heavy atom. The Labute approximate surface area is 113 Å². The molecule has 0 radical (unpaired) electrons. The van der Waals surface area contributed by atoms with Crippen molar-refractivity contribution in [1.82, 2.24) is 0 Å². The van der Waals surface area contributed by atoms with E-state index < -0.39 is 10.1 Å². The first-order valence-corrected chi connectivity index (χ1v) is 7.77. The zero-order valence-corrected chi connectivity index (χ0v) is 11.4. The van der Waals surface area contributed by atoms with Gasteiger partial charge in [-0.15, -0.1) is 0 Å². The third-order valence-corrected chi connectivity index (χ3v) is 4.61. The smallest absolute Gasteiger partial charge is 0.294 e. The quantitative estimate of drug-likeness (QED) is 0.836. The zero-order valence-electron chi connectivity index (χ0n) is 10.6. The molecule has 4 nitrogen and oxygen atoms in total. The molecule has 1 aliphatic carbocycles. The molecule has 0 saturated heterocycles. The Morgan fingerprint density at radius 3 is 2.37 bits per heavy atom. The minimum atomic E-state index is -4.22. The van der Waals surface area contributed by atoms with Gasteiger partial charge in [0.1, 0.15) is 0 Å². The molecule has 19 heavy (non-hydrogen) atoms. The van der Waals surface area contributed by atoms with Gasteiger partial charge in [-0.3, -0.25) is 4.55 Å². The Kier molecular flexibility index (Phi) is 4.08. The van der Waals surface area contributed by atoms with Crippen molar-refractivity contribution in [1.29, 1.82) is 0 Å². The maximum Gasteiger partial charge on any atom is 0.294 e. The fraction of sp³-hybridized carbons (Fsp3) is 0.429. The van der Waals surface area contributed by atoms with E-state index in [4.69, 9.17) is 0 Å². The van der Waals surface area contributed by atoms with E-state index in [1.807, 2.05) is 0 Å². The summed E-state index contributed by atoms with van der Waals surface area (Å²) in [7, 11) is -4.22. The second-order valence-electron chi connectivity index (χ2n) is 4.98. The number of benzene rings is 1. The molecule has 0 unspecified atom stereocenters. The van der Waals surface area contributed by atoms with Crippen LogP contribution in [0.1, 0.15) is 42.7 Å². The monoisotopic (exact) mass is 282 g/mol. The summed E-state index contributed by atoms with van der Waals surface area (Å²) < 4.78 is 32.2. The number of aliphatic hydroxyl groups is 1. The molecule has 5 heteroatoms. The van der Waals surface area contributed by atoms with E-state index in [9.17, 15) is 18.1 Å². The standard InChI is InChI=1S/C14H18O4S/c1-2-10-3-8-14(19(16,17)18)13(9-10)11-4-6-12(15)7-5-11/h2-3,8-9,11-12,15H,1,4-7H2,(H,16,17,18). The van der Waals surface area contributed by atoms with Gasteiger partial charge in [0, 0.05) is 0 Å². The van der Waals surface area contributed by atoms with Crippen molar-refractivity contribution < 1.29 is 18.1 Å². The van der Waals surface area contributed by atoms with Gasteiger partial charge in [-0.2, -0.15) is 8.42 Å². The van der Waals surface area contributed by atoms with Gasteiger partial charge in [-0.05, 0) is 48.8 Å². The predicted molar refractivity (Wildman–Crippen MR) is 73.6 cm³/mol. The molecule has 0 aromatic heterocycles. The van der Waals surface area contributed by atoms with Crippen LogP contribution in [0.2, 0.25) is 0 Å². The van der Waals surface area contributed by atoms with Crippen LogP contribution in [-0.2, 0) is 10.1 Å². The van der Waals surface area contributed by atoms with Gasteiger partial charge in [-0.1, -0.05) is 24.8 Å². The normalized spacial score (nSPS) is 24.1. The molecule has 2 N–H and O–H groups in total. The van der Waals surface area contributed by atoms with Gasteiger partial charge in [0.15, 0.2) is 0 Å². The molecule has 104 valence electrons. The van der Waals surface area contributed by atoms with Gasteiger partial charge in [-0.25, -0.2) is 0 Å². The second kappa shape index (κ2) is 5.45. The lowest BCUT2D eigenvalue weighted by Gasteiger charge is -2.27. The summed E-state index contributed by atoms with van der Waals surface area (Å²) in [5.41, 5.74) is 1.46. The van der Waals surface area contributed by atoms with E-state index in [2.05, 4.69) is 6.58 Å². The first-order valence-electron chi connectivity index (χ1n) is 6.33. The average molecular weight is 282 g/mol. The topological polar surface area (TPSA) is 74.6 Å². The Bertz CT molecular complexity index is 569. The van der Waals surface area contributed by atoms with Gasteiger partial charge in [0.25, 0.3) is 10.1 Å². The average Bonchev–Trinajstić information content (AvgIpc) is 2.38. The van der Waals surface area contributed by atoms with E-state index >= 15 is 0 Å². The summed E-state index contributed by atoms with van der Waals surface area (Å²) >= 11 is 0. The summed E-state index contributed by atoms with van der Waals surface area (Å²) in [4.78, 5) is -0.0283. The van der Waals surface area contributed by atoms with E-state index in [1.54, 1.807) is 18.2 Å². The van der Waals surface area contributed by atoms with Crippen molar-refractivity contribution in [3.63, 3.8) is 0 Å². The van der Waals surface area contributed by atoms with Crippen LogP contribution in [0.25, 0.3) is 6.08 Å². The van der Waals surface area contributed by atoms with Crippen LogP contribution in [0, 0.1) is 0 Å². The highest BCUT2D eigenvalue weighted by atomic mass is 32.2. The maximum absolute atomic E-state index is 11.4. The van der Waals surface area contributed by atoms with Crippen LogP contribution in [0.4, 0.5) is 0 Å². The SMILES string of the molecule is C=Cc1ccc(S(=O)(=O)O)c(C2CCC(O)CC2)c1. The lowest BCUT2D eigenvalue weighted by atomic mass is 9.82. The fourth-order valence-electron chi connectivity index (χ4n) is 2.63. The first-order chi connectivity index (χ1) is 8.91. The predicted octanol–water partition coefficient (Wildman–Crippen LogP) is 2.59. The Balaban J connectivity index is 2.44. The number of rotatable bonds is 3. The van der Waals surface area contributed by atoms with Gasteiger partial charge >= 0.3 is 0 Å².